The number of carbonyl (C=O) groups excluding carboxylic acids is 2. The Kier molecular flexibility index (Phi) is 7.66. The van der Waals surface area contributed by atoms with E-state index in [1.807, 2.05) is 0 Å². The van der Waals surface area contributed by atoms with Gasteiger partial charge in [0.25, 0.3) is 17.5 Å². The van der Waals surface area contributed by atoms with Gasteiger partial charge in [-0.25, -0.2) is 9.82 Å². The Bertz CT molecular complexity index is 1230. The first kappa shape index (κ1) is 23.4. The van der Waals surface area contributed by atoms with Crippen LogP contribution in [-0.2, 0) is 4.79 Å². The Balaban J connectivity index is 1.64. The molecule has 33 heavy (non-hydrogen) atoms. The van der Waals surface area contributed by atoms with Gasteiger partial charge >= 0.3 is 0 Å². The summed E-state index contributed by atoms with van der Waals surface area (Å²) >= 11 is 6.00. The molecule has 3 rings (SSSR count). The number of nitrogens with zero attached hydrogens (tertiary/aromatic N) is 2. The van der Waals surface area contributed by atoms with Gasteiger partial charge in [0.05, 0.1) is 16.8 Å². The molecule has 2 amide bonds. The van der Waals surface area contributed by atoms with Gasteiger partial charge in [-0.2, -0.15) is 5.10 Å². The van der Waals surface area contributed by atoms with Gasteiger partial charge < -0.3 is 10.1 Å². The number of carbonyl (C=O) groups is 2. The van der Waals surface area contributed by atoms with Gasteiger partial charge in [0.2, 0.25) is 0 Å². The highest BCUT2D eigenvalue weighted by molar-refractivity contribution is 6.30. The summed E-state index contributed by atoms with van der Waals surface area (Å²) in [5, 5.41) is 17.4. The fourth-order valence-electron chi connectivity index (χ4n) is 2.63. The zero-order valence-corrected chi connectivity index (χ0v) is 17.6. The van der Waals surface area contributed by atoms with Crippen molar-refractivity contribution in [2.24, 2.45) is 5.10 Å². The Labute approximate surface area is 192 Å². The average molecular weight is 471 g/mol. The van der Waals surface area contributed by atoms with E-state index in [0.717, 1.165) is 6.07 Å². The van der Waals surface area contributed by atoms with Crippen molar-refractivity contribution in [3.63, 3.8) is 0 Å². The first-order valence-electron chi connectivity index (χ1n) is 9.38. The molecule has 0 heterocycles. The number of hydrogen-bond acceptors (Lipinski definition) is 6. The van der Waals surface area contributed by atoms with Gasteiger partial charge in [-0.1, -0.05) is 29.8 Å². The molecule has 0 saturated heterocycles. The third-order valence-electron chi connectivity index (χ3n) is 4.17. The summed E-state index contributed by atoms with van der Waals surface area (Å²) in [4.78, 5) is 34.5. The molecule has 0 aliphatic carbocycles. The molecule has 11 heteroatoms. The number of amides is 2. The van der Waals surface area contributed by atoms with Gasteiger partial charge in [-0.05, 0) is 36.4 Å². The third-order valence-corrected chi connectivity index (χ3v) is 4.40. The van der Waals surface area contributed by atoms with Gasteiger partial charge in [0.15, 0.2) is 6.61 Å². The summed E-state index contributed by atoms with van der Waals surface area (Å²) in [5.74, 6) is -1.60. The van der Waals surface area contributed by atoms with E-state index in [9.17, 15) is 24.1 Å². The van der Waals surface area contributed by atoms with E-state index in [4.69, 9.17) is 16.3 Å². The standard InChI is InChI=1S/C22H16ClFN4O5/c23-16-8-9-20(33-13-21(29)26-19-7-2-1-6-18(19)24)15(10-16)12-25-27-22(30)14-4-3-5-17(11-14)28(31)32/h1-12H,13H2,(H,26,29)(H,27,30). The van der Waals surface area contributed by atoms with Gasteiger partial charge in [0, 0.05) is 28.3 Å². The van der Waals surface area contributed by atoms with Crippen molar-refractivity contribution in [3.05, 3.63) is 98.8 Å². The van der Waals surface area contributed by atoms with E-state index in [2.05, 4.69) is 15.8 Å². The number of rotatable bonds is 8. The number of non-ortho nitro benzene ring substituents is 1. The predicted molar refractivity (Wildman–Crippen MR) is 120 cm³/mol. The molecule has 0 bridgehead atoms. The van der Waals surface area contributed by atoms with Crippen LogP contribution in [0, 0.1) is 15.9 Å². The summed E-state index contributed by atoms with van der Waals surface area (Å²) in [7, 11) is 0. The summed E-state index contributed by atoms with van der Waals surface area (Å²) in [6.45, 7) is -0.420. The largest absolute Gasteiger partial charge is 0.483 e. The lowest BCUT2D eigenvalue weighted by molar-refractivity contribution is -0.384. The highest BCUT2D eigenvalue weighted by Gasteiger charge is 2.12. The number of anilines is 1. The highest BCUT2D eigenvalue weighted by atomic mass is 35.5. The molecule has 168 valence electrons. The maximum atomic E-state index is 13.7. The van der Waals surface area contributed by atoms with Crippen molar-refractivity contribution in [1.29, 1.82) is 0 Å². The molecule has 0 aromatic heterocycles. The van der Waals surface area contributed by atoms with E-state index < -0.39 is 29.2 Å². The quantitative estimate of drug-likeness (QED) is 0.290. The number of hydrogen-bond donors (Lipinski definition) is 2. The predicted octanol–water partition coefficient (Wildman–Crippen LogP) is 4.17. The number of nitrogens with one attached hydrogen (secondary N) is 2. The number of nitro groups is 1. The molecule has 3 aromatic carbocycles. The van der Waals surface area contributed by atoms with Gasteiger partial charge in [-0.15, -0.1) is 0 Å². The first-order valence-corrected chi connectivity index (χ1v) is 9.76. The monoisotopic (exact) mass is 470 g/mol. The Morgan fingerprint density at radius 2 is 1.91 bits per heavy atom. The second-order valence-electron chi connectivity index (χ2n) is 6.51. The SMILES string of the molecule is O=C(COc1ccc(Cl)cc1C=NNC(=O)c1cccc([N+](=O)[O-])c1)Nc1ccccc1F. The van der Waals surface area contributed by atoms with Crippen LogP contribution >= 0.6 is 11.6 Å². The van der Waals surface area contributed by atoms with Gasteiger partial charge in [0.1, 0.15) is 11.6 Å². The Hall–Kier alpha value is -4.31. The van der Waals surface area contributed by atoms with Crippen LogP contribution in [0.3, 0.4) is 0 Å². The second kappa shape index (κ2) is 10.8. The van der Waals surface area contributed by atoms with Crippen LogP contribution in [-0.4, -0.2) is 29.6 Å². The molecule has 9 nitrogen and oxygen atoms in total. The number of ether oxygens (including phenoxy) is 1. The number of nitro benzene ring substituents is 1. The Morgan fingerprint density at radius 3 is 2.67 bits per heavy atom. The molecule has 0 atom stereocenters. The lowest BCUT2D eigenvalue weighted by atomic mass is 10.2. The molecule has 0 saturated carbocycles. The van der Waals surface area contributed by atoms with Crippen LogP contribution in [0.4, 0.5) is 15.8 Å². The fourth-order valence-corrected chi connectivity index (χ4v) is 2.81. The van der Waals surface area contributed by atoms with E-state index in [1.165, 1.54) is 60.8 Å². The van der Waals surface area contributed by atoms with E-state index in [1.54, 1.807) is 6.07 Å². The van der Waals surface area contributed by atoms with Crippen LogP contribution in [0.1, 0.15) is 15.9 Å². The number of hydrazone groups is 1. The van der Waals surface area contributed by atoms with Crippen LogP contribution in [0.25, 0.3) is 0 Å². The highest BCUT2D eigenvalue weighted by Crippen LogP contribution is 2.22. The molecule has 0 unspecified atom stereocenters. The van der Waals surface area contributed by atoms with Crippen molar-refractivity contribution in [2.75, 3.05) is 11.9 Å². The third kappa shape index (κ3) is 6.58. The average Bonchev–Trinajstić information content (AvgIpc) is 2.80. The zero-order valence-electron chi connectivity index (χ0n) is 16.8. The molecular weight excluding hydrogens is 455 g/mol. The minimum absolute atomic E-state index is 0.0212. The van der Waals surface area contributed by atoms with Crippen LogP contribution < -0.4 is 15.5 Å². The normalized spacial score (nSPS) is 10.6. The first-order chi connectivity index (χ1) is 15.8. The summed E-state index contributed by atoms with van der Waals surface area (Å²) in [6, 6.07) is 15.4. The van der Waals surface area contributed by atoms with Crippen molar-refractivity contribution < 1.29 is 23.6 Å². The van der Waals surface area contributed by atoms with Crippen molar-refractivity contribution in [3.8, 4) is 5.75 Å². The zero-order chi connectivity index (χ0) is 23.8. The van der Waals surface area contributed by atoms with E-state index in [0.29, 0.717) is 10.6 Å². The van der Waals surface area contributed by atoms with E-state index >= 15 is 0 Å². The van der Waals surface area contributed by atoms with Crippen molar-refractivity contribution >= 4 is 41.0 Å². The molecule has 2 N–H and O–H groups in total. The summed E-state index contributed by atoms with van der Waals surface area (Å²) in [5.41, 5.74) is 2.44. The number of halogens is 2. The molecule has 3 aromatic rings. The molecule has 0 fully saturated rings. The minimum Gasteiger partial charge on any atom is -0.483 e. The lowest BCUT2D eigenvalue weighted by Crippen LogP contribution is -2.21. The fraction of sp³-hybridized carbons (Fsp3) is 0.0455. The molecule has 0 aliphatic rings. The number of benzene rings is 3. The van der Waals surface area contributed by atoms with Crippen molar-refractivity contribution in [1.82, 2.24) is 5.43 Å². The second-order valence-corrected chi connectivity index (χ2v) is 6.94. The van der Waals surface area contributed by atoms with Crippen LogP contribution in [0.2, 0.25) is 5.02 Å². The maximum absolute atomic E-state index is 13.7. The molecule has 0 spiro atoms. The maximum Gasteiger partial charge on any atom is 0.271 e. The smallest absolute Gasteiger partial charge is 0.271 e. The van der Waals surface area contributed by atoms with Gasteiger partial charge in [-0.3, -0.25) is 19.7 Å². The minimum atomic E-state index is -0.663. The molecular formula is C22H16ClFN4O5. The van der Waals surface area contributed by atoms with Crippen LogP contribution in [0.5, 0.6) is 5.75 Å². The molecule has 0 aliphatic heterocycles. The molecule has 0 radical (unpaired) electrons. The van der Waals surface area contributed by atoms with E-state index in [-0.39, 0.29) is 22.7 Å². The van der Waals surface area contributed by atoms with Crippen LogP contribution in [0.15, 0.2) is 71.8 Å². The van der Waals surface area contributed by atoms with Crippen molar-refractivity contribution in [2.45, 2.75) is 0 Å². The number of para-hydroxylation sites is 1. The Morgan fingerprint density at radius 1 is 1.12 bits per heavy atom. The summed E-state index contributed by atoms with van der Waals surface area (Å²) in [6.07, 6.45) is 1.24. The topological polar surface area (TPSA) is 123 Å². The lowest BCUT2D eigenvalue weighted by Gasteiger charge is -2.10. The summed E-state index contributed by atoms with van der Waals surface area (Å²) < 4.78 is 19.1.